The minimum absolute atomic E-state index is 0.365. The molecule has 1 aliphatic carbocycles. The van der Waals surface area contributed by atoms with Gasteiger partial charge in [0.1, 0.15) is 11.9 Å². The number of aryl methyl sites for hydroxylation is 2. The van der Waals surface area contributed by atoms with Crippen molar-refractivity contribution in [3.63, 3.8) is 0 Å². The quantitative estimate of drug-likeness (QED) is 0.703. The molecule has 4 rings (SSSR count). The summed E-state index contributed by atoms with van der Waals surface area (Å²) in [5, 5.41) is 11.2. The van der Waals surface area contributed by atoms with Crippen molar-refractivity contribution >= 4 is 6.01 Å². The highest BCUT2D eigenvalue weighted by Gasteiger charge is 2.18. The Morgan fingerprint density at radius 2 is 2.00 bits per heavy atom. The Hall–Kier alpha value is -2.80. The first-order valence-electron chi connectivity index (χ1n) is 8.94. The van der Waals surface area contributed by atoms with Crippen LogP contribution >= 0.6 is 0 Å². The first-order valence-corrected chi connectivity index (χ1v) is 8.94. The Bertz CT molecular complexity index is 892. The maximum atomic E-state index is 6.17. The van der Waals surface area contributed by atoms with Gasteiger partial charge in [0.05, 0.1) is 0 Å². The van der Waals surface area contributed by atoms with E-state index in [-0.39, 0.29) is 0 Å². The maximum Gasteiger partial charge on any atom is 0.315 e. The van der Waals surface area contributed by atoms with Gasteiger partial charge in [0, 0.05) is 24.4 Å². The van der Waals surface area contributed by atoms with Crippen LogP contribution in [0, 0.1) is 6.92 Å². The van der Waals surface area contributed by atoms with Crippen LogP contribution in [0.15, 0.2) is 34.7 Å². The van der Waals surface area contributed by atoms with Gasteiger partial charge in [-0.25, -0.2) is 9.97 Å². The number of rotatable bonds is 6. The molecule has 26 heavy (non-hydrogen) atoms. The van der Waals surface area contributed by atoms with Crippen molar-refractivity contribution in [2.45, 2.75) is 38.6 Å². The number of nitrogens with one attached hydrogen (secondary N) is 1. The van der Waals surface area contributed by atoms with E-state index in [1.807, 2.05) is 30.3 Å². The predicted molar refractivity (Wildman–Crippen MR) is 97.8 cm³/mol. The molecule has 0 fully saturated rings. The minimum Gasteiger partial charge on any atom is -0.406 e. The van der Waals surface area contributed by atoms with E-state index in [4.69, 9.17) is 10.2 Å². The van der Waals surface area contributed by atoms with Crippen molar-refractivity contribution in [3.05, 3.63) is 64.6 Å². The lowest BCUT2D eigenvalue weighted by Gasteiger charge is -2.07. The number of hydrogen-bond donors (Lipinski definition) is 2. The number of nitrogens with two attached hydrogens (primary N) is 1. The third-order valence-corrected chi connectivity index (χ3v) is 4.68. The molecule has 7 heteroatoms. The zero-order valence-electron chi connectivity index (χ0n) is 14.8. The van der Waals surface area contributed by atoms with Crippen LogP contribution in [0.1, 0.15) is 46.7 Å². The number of aromatic nitrogens is 4. The molecule has 2 aromatic heterocycles. The highest BCUT2D eigenvalue weighted by atomic mass is 16.4. The molecule has 2 heterocycles. The Morgan fingerprint density at radius 1 is 1.15 bits per heavy atom. The number of hydrogen-bond acceptors (Lipinski definition) is 7. The van der Waals surface area contributed by atoms with E-state index in [0.29, 0.717) is 24.9 Å². The lowest BCUT2D eigenvalue weighted by Crippen LogP contribution is -2.12. The molecule has 1 aliphatic rings. The largest absolute Gasteiger partial charge is 0.406 e. The van der Waals surface area contributed by atoms with E-state index in [1.54, 1.807) is 0 Å². The summed E-state index contributed by atoms with van der Waals surface area (Å²) >= 11 is 0. The van der Waals surface area contributed by atoms with E-state index in [1.165, 1.54) is 17.7 Å². The molecular formula is C19H22N6O. The van der Waals surface area contributed by atoms with Gasteiger partial charge in [-0.3, -0.25) is 0 Å². The molecule has 3 N–H and O–H groups in total. The number of benzene rings is 1. The highest BCUT2D eigenvalue weighted by molar-refractivity contribution is 5.30. The van der Waals surface area contributed by atoms with Crippen molar-refractivity contribution < 1.29 is 4.42 Å². The second kappa shape index (κ2) is 7.21. The zero-order valence-corrected chi connectivity index (χ0v) is 14.8. The monoisotopic (exact) mass is 350 g/mol. The van der Waals surface area contributed by atoms with Crippen molar-refractivity contribution in [1.29, 1.82) is 0 Å². The summed E-state index contributed by atoms with van der Waals surface area (Å²) in [6.07, 6.45) is 4.05. The Labute approximate surface area is 152 Å². The summed E-state index contributed by atoms with van der Waals surface area (Å²) in [6.45, 7) is 2.69. The van der Waals surface area contributed by atoms with Gasteiger partial charge in [0.2, 0.25) is 5.89 Å². The molecule has 0 aliphatic heterocycles. The second-order valence-corrected chi connectivity index (χ2v) is 6.51. The normalized spacial score (nSPS) is 14.2. The lowest BCUT2D eigenvalue weighted by molar-refractivity contribution is 0.483. The van der Waals surface area contributed by atoms with Crippen LogP contribution in [0.2, 0.25) is 0 Å². The Kier molecular flexibility index (Phi) is 4.62. The molecule has 0 bridgehead atoms. The van der Waals surface area contributed by atoms with Crippen LogP contribution in [-0.2, 0) is 19.3 Å². The van der Waals surface area contributed by atoms with Crippen molar-refractivity contribution in [1.82, 2.24) is 20.2 Å². The second-order valence-electron chi connectivity index (χ2n) is 6.51. The van der Waals surface area contributed by atoms with Gasteiger partial charge < -0.3 is 15.5 Å². The summed E-state index contributed by atoms with van der Waals surface area (Å²) < 4.78 is 5.64. The SMILES string of the molecule is Cc1nc(CCNc2nnc([C@H](N)c3ccccc3)o2)nc2c1CCC2. The van der Waals surface area contributed by atoms with E-state index in [9.17, 15) is 0 Å². The van der Waals surface area contributed by atoms with Crippen molar-refractivity contribution in [2.75, 3.05) is 11.9 Å². The van der Waals surface area contributed by atoms with Crippen LogP contribution < -0.4 is 11.1 Å². The third kappa shape index (κ3) is 3.43. The van der Waals surface area contributed by atoms with Crippen LogP contribution in [0.4, 0.5) is 6.01 Å². The standard InChI is InChI=1S/C19H22N6O/c1-12-14-8-5-9-15(14)23-16(22-12)10-11-21-19-25-24-18(26-19)17(20)13-6-3-2-4-7-13/h2-4,6-7,17H,5,8-11,20H2,1H3,(H,21,25)/t17-/m1/s1. The molecule has 7 nitrogen and oxygen atoms in total. The Morgan fingerprint density at radius 3 is 2.85 bits per heavy atom. The summed E-state index contributed by atoms with van der Waals surface area (Å²) in [5.74, 6) is 1.25. The molecule has 0 saturated heterocycles. The number of fused-ring (bicyclic) bond motifs is 1. The summed E-state index contributed by atoms with van der Waals surface area (Å²) in [4.78, 5) is 9.29. The summed E-state index contributed by atoms with van der Waals surface area (Å²) in [6, 6.07) is 9.63. The van der Waals surface area contributed by atoms with Crippen LogP contribution in [0.5, 0.6) is 0 Å². The van der Waals surface area contributed by atoms with Gasteiger partial charge in [-0.1, -0.05) is 35.4 Å². The van der Waals surface area contributed by atoms with Gasteiger partial charge in [0.15, 0.2) is 0 Å². The average Bonchev–Trinajstić information content (AvgIpc) is 3.31. The predicted octanol–water partition coefficient (Wildman–Crippen LogP) is 2.36. The molecule has 0 amide bonds. The maximum absolute atomic E-state index is 6.17. The van der Waals surface area contributed by atoms with Crippen molar-refractivity contribution in [2.24, 2.45) is 5.73 Å². The average molecular weight is 350 g/mol. The third-order valence-electron chi connectivity index (χ3n) is 4.68. The summed E-state index contributed by atoms with van der Waals surface area (Å²) in [5.41, 5.74) is 10.8. The minimum atomic E-state index is -0.429. The van der Waals surface area contributed by atoms with Gasteiger partial charge in [-0.2, -0.15) is 0 Å². The fourth-order valence-electron chi connectivity index (χ4n) is 3.31. The number of nitrogens with zero attached hydrogens (tertiary/aromatic N) is 4. The Balaban J connectivity index is 1.36. The topological polar surface area (TPSA) is 103 Å². The zero-order chi connectivity index (χ0) is 17.9. The molecule has 1 aromatic carbocycles. The van der Waals surface area contributed by atoms with Crippen LogP contribution in [0.25, 0.3) is 0 Å². The molecule has 1 atom stereocenters. The highest BCUT2D eigenvalue weighted by Crippen LogP contribution is 2.22. The molecule has 0 unspecified atom stereocenters. The van der Waals surface area contributed by atoms with E-state index < -0.39 is 6.04 Å². The first kappa shape index (κ1) is 16.7. The summed E-state index contributed by atoms with van der Waals surface area (Å²) in [7, 11) is 0. The van der Waals surface area contributed by atoms with Gasteiger partial charge >= 0.3 is 6.01 Å². The van der Waals surface area contributed by atoms with Crippen LogP contribution in [-0.4, -0.2) is 26.7 Å². The molecule has 3 aromatic rings. The van der Waals surface area contributed by atoms with Gasteiger partial charge in [-0.05, 0) is 37.3 Å². The first-order chi connectivity index (χ1) is 12.7. The fourth-order valence-corrected chi connectivity index (χ4v) is 3.31. The number of anilines is 1. The molecule has 0 saturated carbocycles. The van der Waals surface area contributed by atoms with E-state index >= 15 is 0 Å². The van der Waals surface area contributed by atoms with Crippen LogP contribution in [0.3, 0.4) is 0 Å². The molecule has 0 radical (unpaired) electrons. The fraction of sp³-hybridized carbons (Fsp3) is 0.368. The van der Waals surface area contributed by atoms with Gasteiger partial charge in [0.25, 0.3) is 0 Å². The van der Waals surface area contributed by atoms with Crippen molar-refractivity contribution in [3.8, 4) is 0 Å². The van der Waals surface area contributed by atoms with Gasteiger partial charge in [-0.15, -0.1) is 5.10 Å². The van der Waals surface area contributed by atoms with E-state index in [2.05, 4.69) is 32.4 Å². The lowest BCUT2D eigenvalue weighted by atomic mass is 10.1. The smallest absolute Gasteiger partial charge is 0.315 e. The molecular weight excluding hydrogens is 328 g/mol. The molecule has 134 valence electrons. The molecule has 0 spiro atoms. The van der Waals surface area contributed by atoms with E-state index in [0.717, 1.165) is 29.9 Å².